The molecule has 0 spiro atoms. The van der Waals surface area contributed by atoms with Crippen LogP contribution < -0.4 is 0 Å². The molecule has 2 fully saturated rings. The zero-order valence-electron chi connectivity index (χ0n) is 11.4. The summed E-state index contributed by atoms with van der Waals surface area (Å²) in [6.07, 6.45) is -0.133. The lowest BCUT2D eigenvalue weighted by Gasteiger charge is -2.34. The molecule has 0 radical (unpaired) electrons. The predicted molar refractivity (Wildman–Crippen MR) is 64.4 cm³/mol. The van der Waals surface area contributed by atoms with E-state index in [1.54, 1.807) is 13.8 Å². The summed E-state index contributed by atoms with van der Waals surface area (Å²) < 4.78 is 20.6. The summed E-state index contributed by atoms with van der Waals surface area (Å²) in [5.41, 5.74) is -1.47. The van der Waals surface area contributed by atoms with Gasteiger partial charge < -0.3 is 18.9 Å². The van der Waals surface area contributed by atoms with Crippen molar-refractivity contribution in [2.75, 3.05) is 40.0 Å². The molecule has 19 heavy (non-hydrogen) atoms. The molecule has 2 rings (SSSR count). The van der Waals surface area contributed by atoms with E-state index in [0.29, 0.717) is 26.4 Å². The van der Waals surface area contributed by atoms with E-state index >= 15 is 0 Å². The third-order valence-electron chi connectivity index (χ3n) is 3.68. The first-order valence-electron chi connectivity index (χ1n) is 6.34. The number of ketones is 2. The molecule has 0 amide bonds. The number of carbonyl (C=O) groups is 2. The van der Waals surface area contributed by atoms with Crippen LogP contribution in [0.5, 0.6) is 0 Å². The van der Waals surface area contributed by atoms with Gasteiger partial charge in [0.1, 0.15) is 13.6 Å². The molecule has 2 heterocycles. The molecule has 6 nitrogen and oxygen atoms in total. The van der Waals surface area contributed by atoms with Crippen LogP contribution in [0, 0.1) is 10.8 Å². The van der Waals surface area contributed by atoms with Gasteiger partial charge in [-0.25, -0.2) is 0 Å². The van der Waals surface area contributed by atoms with Gasteiger partial charge in [-0.1, -0.05) is 0 Å². The Bertz CT molecular complexity index is 318. The summed E-state index contributed by atoms with van der Waals surface area (Å²) >= 11 is 0. The monoisotopic (exact) mass is 272 g/mol. The molecule has 0 aromatic heterocycles. The highest BCUT2D eigenvalue weighted by molar-refractivity contribution is 6.04. The Morgan fingerprint density at radius 2 is 1.11 bits per heavy atom. The van der Waals surface area contributed by atoms with E-state index in [1.807, 2.05) is 0 Å². The van der Waals surface area contributed by atoms with Gasteiger partial charge >= 0.3 is 0 Å². The Kier molecular flexibility index (Phi) is 4.35. The molecule has 0 aliphatic carbocycles. The minimum Gasteiger partial charge on any atom is -0.354 e. The lowest BCUT2D eigenvalue weighted by Crippen LogP contribution is -2.46. The van der Waals surface area contributed by atoms with Gasteiger partial charge in [0.2, 0.25) is 0 Å². The fourth-order valence-corrected chi connectivity index (χ4v) is 2.16. The Morgan fingerprint density at radius 3 is 1.42 bits per heavy atom. The van der Waals surface area contributed by atoms with Crippen LogP contribution in [0.15, 0.2) is 0 Å². The first-order valence-corrected chi connectivity index (χ1v) is 6.34. The van der Waals surface area contributed by atoms with E-state index in [2.05, 4.69) is 0 Å². The number of hydrogen-bond donors (Lipinski definition) is 0. The van der Waals surface area contributed by atoms with E-state index in [9.17, 15) is 9.59 Å². The van der Waals surface area contributed by atoms with Gasteiger partial charge in [0.15, 0.2) is 11.6 Å². The van der Waals surface area contributed by atoms with Gasteiger partial charge in [-0.15, -0.1) is 0 Å². The van der Waals surface area contributed by atoms with Gasteiger partial charge in [0, 0.05) is 0 Å². The van der Waals surface area contributed by atoms with E-state index < -0.39 is 10.8 Å². The van der Waals surface area contributed by atoms with Crippen LogP contribution >= 0.6 is 0 Å². The molecule has 2 aliphatic heterocycles. The third-order valence-corrected chi connectivity index (χ3v) is 3.68. The Labute approximate surface area is 112 Å². The molecule has 0 saturated carbocycles. The lowest BCUT2D eigenvalue weighted by molar-refractivity contribution is -0.179. The van der Waals surface area contributed by atoms with Gasteiger partial charge in [-0.2, -0.15) is 0 Å². The van der Waals surface area contributed by atoms with Crippen LogP contribution in [-0.2, 0) is 28.5 Å². The molecule has 2 saturated heterocycles. The summed E-state index contributed by atoms with van der Waals surface area (Å²) in [6.45, 7) is 5.11. The minimum absolute atomic E-state index is 0.133. The standard InChI is InChI=1S/C13H20O6/c1-12(4-16-8-17-5-12)10(14)3-11(15)13(2)6-18-9-19-7-13/h3-9H2,1-2H3. The van der Waals surface area contributed by atoms with Crippen LogP contribution in [0.3, 0.4) is 0 Å². The number of ether oxygens (including phenoxy) is 4. The SMILES string of the molecule is CC1(C(=O)CC(=O)C2(C)COCOC2)COCOC1. The first kappa shape index (κ1) is 14.6. The number of carbonyl (C=O) groups excluding carboxylic acids is 2. The van der Waals surface area contributed by atoms with Crippen LogP contribution in [0.25, 0.3) is 0 Å². The van der Waals surface area contributed by atoms with E-state index in [0.717, 1.165) is 0 Å². The van der Waals surface area contributed by atoms with Gasteiger partial charge in [0.25, 0.3) is 0 Å². The molecule has 6 heteroatoms. The molecular formula is C13H20O6. The van der Waals surface area contributed by atoms with Crippen LogP contribution in [-0.4, -0.2) is 51.6 Å². The third kappa shape index (κ3) is 3.20. The lowest BCUT2D eigenvalue weighted by atomic mass is 9.78. The van der Waals surface area contributed by atoms with Crippen molar-refractivity contribution >= 4 is 11.6 Å². The summed E-state index contributed by atoms with van der Waals surface area (Å²) in [7, 11) is 0. The second-order valence-electron chi connectivity index (χ2n) is 5.77. The zero-order valence-corrected chi connectivity index (χ0v) is 11.4. The molecule has 0 aromatic rings. The fraction of sp³-hybridized carbons (Fsp3) is 0.846. The highest BCUT2D eigenvalue weighted by Gasteiger charge is 2.42. The Hall–Kier alpha value is -0.820. The van der Waals surface area contributed by atoms with Crippen molar-refractivity contribution in [2.24, 2.45) is 10.8 Å². The van der Waals surface area contributed by atoms with Crippen molar-refractivity contribution < 1.29 is 28.5 Å². The topological polar surface area (TPSA) is 71.1 Å². The summed E-state index contributed by atoms with van der Waals surface area (Å²) in [6, 6.07) is 0. The molecule has 108 valence electrons. The van der Waals surface area contributed by atoms with Gasteiger partial charge in [-0.05, 0) is 13.8 Å². The van der Waals surface area contributed by atoms with Crippen molar-refractivity contribution in [1.29, 1.82) is 0 Å². The zero-order chi connectivity index (χ0) is 13.9. The van der Waals surface area contributed by atoms with Gasteiger partial charge in [-0.3, -0.25) is 9.59 Å². The second-order valence-corrected chi connectivity index (χ2v) is 5.77. The maximum absolute atomic E-state index is 12.3. The van der Waals surface area contributed by atoms with E-state index in [4.69, 9.17) is 18.9 Å². The molecule has 0 aromatic carbocycles. The summed E-state index contributed by atoms with van der Waals surface area (Å²) in [5.74, 6) is -0.298. The van der Waals surface area contributed by atoms with Crippen molar-refractivity contribution in [3.8, 4) is 0 Å². The number of hydrogen-bond acceptors (Lipinski definition) is 6. The maximum Gasteiger partial charge on any atom is 0.150 e. The molecular weight excluding hydrogens is 252 g/mol. The molecule has 0 unspecified atom stereocenters. The maximum atomic E-state index is 12.3. The normalized spacial score (nSPS) is 25.8. The van der Waals surface area contributed by atoms with Gasteiger partial charge in [0.05, 0.1) is 43.7 Å². The van der Waals surface area contributed by atoms with Crippen molar-refractivity contribution in [3.63, 3.8) is 0 Å². The van der Waals surface area contributed by atoms with Crippen molar-refractivity contribution in [3.05, 3.63) is 0 Å². The fourth-order valence-electron chi connectivity index (χ4n) is 2.16. The average molecular weight is 272 g/mol. The second kappa shape index (κ2) is 5.66. The summed E-state index contributed by atoms with van der Waals surface area (Å²) in [5, 5.41) is 0. The first-order chi connectivity index (χ1) is 8.96. The summed E-state index contributed by atoms with van der Waals surface area (Å²) in [4.78, 5) is 24.5. The van der Waals surface area contributed by atoms with Crippen molar-refractivity contribution in [1.82, 2.24) is 0 Å². The Morgan fingerprint density at radius 1 is 0.789 bits per heavy atom. The van der Waals surface area contributed by atoms with Crippen molar-refractivity contribution in [2.45, 2.75) is 20.3 Å². The Balaban J connectivity index is 1.96. The predicted octanol–water partition coefficient (Wildman–Crippen LogP) is 0.536. The average Bonchev–Trinajstić information content (AvgIpc) is 2.40. The van der Waals surface area contributed by atoms with Crippen LogP contribution in [0.1, 0.15) is 20.3 Å². The van der Waals surface area contributed by atoms with E-state index in [-0.39, 0.29) is 31.6 Å². The number of Topliss-reactive ketones (excluding diaryl/α,β-unsaturated/α-hetero) is 2. The smallest absolute Gasteiger partial charge is 0.150 e. The van der Waals surface area contributed by atoms with E-state index in [1.165, 1.54) is 0 Å². The van der Waals surface area contributed by atoms with Crippen LogP contribution in [0.2, 0.25) is 0 Å². The highest BCUT2D eigenvalue weighted by atomic mass is 16.7. The van der Waals surface area contributed by atoms with Crippen LogP contribution in [0.4, 0.5) is 0 Å². The largest absolute Gasteiger partial charge is 0.354 e. The number of rotatable bonds is 4. The quantitative estimate of drug-likeness (QED) is 0.695. The molecule has 0 atom stereocenters. The molecule has 0 N–H and O–H groups in total. The minimum atomic E-state index is -0.735. The molecule has 0 bridgehead atoms. The molecule has 2 aliphatic rings. The highest BCUT2D eigenvalue weighted by Crippen LogP contribution is 2.29.